The van der Waals surface area contributed by atoms with Gasteiger partial charge in [-0.05, 0) is 31.5 Å². The number of aromatic amines is 1. The summed E-state index contributed by atoms with van der Waals surface area (Å²) in [5, 5.41) is 17.8. The van der Waals surface area contributed by atoms with Crippen molar-refractivity contribution in [1.29, 1.82) is 0 Å². The van der Waals surface area contributed by atoms with Gasteiger partial charge in [0.15, 0.2) is 0 Å². The lowest BCUT2D eigenvalue weighted by molar-refractivity contribution is -0.915. The van der Waals surface area contributed by atoms with E-state index >= 15 is 0 Å². The molecule has 3 atom stereocenters. The Kier molecular flexibility index (Phi) is 5.83. The summed E-state index contributed by atoms with van der Waals surface area (Å²) in [5.41, 5.74) is 3.50. The number of nitrogens with one attached hydrogen (secondary N) is 2. The van der Waals surface area contributed by atoms with Gasteiger partial charge in [0.25, 0.3) is 0 Å². The molecule has 1 aliphatic rings. The highest BCUT2D eigenvalue weighted by Crippen LogP contribution is 2.36. The largest absolute Gasteiger partial charge is 0.507 e. The van der Waals surface area contributed by atoms with Crippen LogP contribution in [0.2, 0.25) is 0 Å². The molecule has 0 spiro atoms. The summed E-state index contributed by atoms with van der Waals surface area (Å²) < 4.78 is 11.7. The van der Waals surface area contributed by atoms with E-state index in [0.29, 0.717) is 17.9 Å². The molecule has 1 fully saturated rings. The molecular formula is C23H28N3O3+. The Hall–Kier alpha value is -2.83. The average Bonchev–Trinajstić information content (AvgIpc) is 3.17. The SMILES string of the molecule is C[C@@H]1C[NH+](CCOc2ccc(-c3[nH]ncc3-c3ccccc3)c(O)c2)C[C@H](C)O1. The zero-order valence-electron chi connectivity index (χ0n) is 16.9. The highest BCUT2D eigenvalue weighted by atomic mass is 16.5. The first-order valence-electron chi connectivity index (χ1n) is 10.1. The van der Waals surface area contributed by atoms with Gasteiger partial charge in [0.1, 0.15) is 49.9 Å². The molecule has 6 heteroatoms. The number of quaternary nitrogens is 1. The van der Waals surface area contributed by atoms with Crippen LogP contribution in [-0.2, 0) is 4.74 Å². The monoisotopic (exact) mass is 394 g/mol. The van der Waals surface area contributed by atoms with Gasteiger partial charge in [0.05, 0.1) is 11.9 Å². The lowest BCUT2D eigenvalue weighted by atomic mass is 10.0. The number of morpholine rings is 1. The number of benzene rings is 2. The maximum absolute atomic E-state index is 10.6. The van der Waals surface area contributed by atoms with Crippen LogP contribution in [0.3, 0.4) is 0 Å². The number of phenols is 1. The van der Waals surface area contributed by atoms with Gasteiger partial charge < -0.3 is 19.5 Å². The number of hydrogen-bond acceptors (Lipinski definition) is 4. The van der Waals surface area contributed by atoms with E-state index in [-0.39, 0.29) is 18.0 Å². The van der Waals surface area contributed by atoms with Crippen molar-refractivity contribution < 1.29 is 19.5 Å². The van der Waals surface area contributed by atoms with Crippen molar-refractivity contribution in [2.45, 2.75) is 26.1 Å². The van der Waals surface area contributed by atoms with Gasteiger partial charge in [0, 0.05) is 17.2 Å². The number of aromatic hydroxyl groups is 1. The second kappa shape index (κ2) is 8.68. The molecular weight excluding hydrogens is 366 g/mol. The second-order valence-electron chi connectivity index (χ2n) is 7.72. The number of phenolic OH excluding ortho intramolecular Hbond substituents is 1. The van der Waals surface area contributed by atoms with Crippen LogP contribution in [0.25, 0.3) is 22.4 Å². The van der Waals surface area contributed by atoms with Gasteiger partial charge in [-0.2, -0.15) is 5.10 Å². The van der Waals surface area contributed by atoms with E-state index in [1.165, 1.54) is 4.90 Å². The summed E-state index contributed by atoms with van der Waals surface area (Å²) in [5.74, 6) is 0.839. The number of H-pyrrole nitrogens is 1. The summed E-state index contributed by atoms with van der Waals surface area (Å²) in [6, 6.07) is 15.4. The van der Waals surface area contributed by atoms with Crippen LogP contribution in [0.5, 0.6) is 11.5 Å². The van der Waals surface area contributed by atoms with E-state index in [2.05, 4.69) is 24.0 Å². The fourth-order valence-electron chi connectivity index (χ4n) is 4.05. The summed E-state index contributed by atoms with van der Waals surface area (Å²) in [6.45, 7) is 7.75. The minimum atomic E-state index is 0.171. The topological polar surface area (TPSA) is 71.8 Å². The molecule has 6 nitrogen and oxygen atoms in total. The Labute approximate surface area is 171 Å². The standard InChI is InChI=1S/C23H27N3O3/c1-16-14-26(15-17(2)29-16)10-11-28-19-8-9-20(22(27)12-19)23-21(13-24-25-23)18-6-4-3-5-7-18/h3-9,12-13,16-17,27H,10-11,14-15H2,1-2H3,(H,24,25)/p+1/t16-,17+. The molecule has 1 unspecified atom stereocenters. The molecule has 1 aromatic heterocycles. The summed E-state index contributed by atoms with van der Waals surface area (Å²) in [4.78, 5) is 1.49. The van der Waals surface area contributed by atoms with Crippen molar-refractivity contribution in [1.82, 2.24) is 10.2 Å². The molecule has 0 radical (unpaired) electrons. The van der Waals surface area contributed by atoms with Crippen molar-refractivity contribution in [2.75, 3.05) is 26.2 Å². The molecule has 0 bridgehead atoms. The molecule has 2 heterocycles. The minimum Gasteiger partial charge on any atom is -0.507 e. The first-order valence-corrected chi connectivity index (χ1v) is 10.1. The van der Waals surface area contributed by atoms with E-state index < -0.39 is 0 Å². The summed E-state index contributed by atoms with van der Waals surface area (Å²) in [7, 11) is 0. The molecule has 4 rings (SSSR count). The van der Waals surface area contributed by atoms with Gasteiger partial charge >= 0.3 is 0 Å². The number of ether oxygens (including phenoxy) is 2. The fraction of sp³-hybridized carbons (Fsp3) is 0.348. The third-order valence-electron chi connectivity index (χ3n) is 5.30. The van der Waals surface area contributed by atoms with Crippen molar-refractivity contribution >= 4 is 0 Å². The predicted molar refractivity (Wildman–Crippen MR) is 112 cm³/mol. The Balaban J connectivity index is 1.42. The maximum atomic E-state index is 10.6. The highest BCUT2D eigenvalue weighted by molar-refractivity contribution is 5.83. The van der Waals surface area contributed by atoms with E-state index in [4.69, 9.17) is 9.47 Å². The maximum Gasteiger partial charge on any atom is 0.137 e. The molecule has 1 aliphatic heterocycles. The van der Waals surface area contributed by atoms with E-state index in [0.717, 1.165) is 36.5 Å². The van der Waals surface area contributed by atoms with Crippen LogP contribution < -0.4 is 9.64 Å². The average molecular weight is 394 g/mol. The third kappa shape index (κ3) is 4.60. The predicted octanol–water partition coefficient (Wildman–Crippen LogP) is 2.52. The van der Waals surface area contributed by atoms with Crippen molar-refractivity contribution in [3.63, 3.8) is 0 Å². The molecule has 0 amide bonds. The van der Waals surface area contributed by atoms with Crippen molar-refractivity contribution in [3.05, 3.63) is 54.7 Å². The zero-order chi connectivity index (χ0) is 20.2. The Bertz CT molecular complexity index is 932. The molecule has 1 saturated heterocycles. The van der Waals surface area contributed by atoms with Gasteiger partial charge in [-0.1, -0.05) is 30.3 Å². The lowest BCUT2D eigenvalue weighted by Crippen LogP contribution is -3.16. The molecule has 0 aliphatic carbocycles. The first-order chi connectivity index (χ1) is 14.1. The van der Waals surface area contributed by atoms with Gasteiger partial charge in [-0.25, -0.2) is 0 Å². The first kappa shape index (κ1) is 19.5. The normalized spacial score (nSPS) is 21.8. The van der Waals surface area contributed by atoms with Crippen molar-refractivity contribution in [2.24, 2.45) is 0 Å². The molecule has 29 heavy (non-hydrogen) atoms. The van der Waals surface area contributed by atoms with E-state index in [1.807, 2.05) is 42.5 Å². The lowest BCUT2D eigenvalue weighted by Gasteiger charge is -2.32. The second-order valence-corrected chi connectivity index (χ2v) is 7.72. The Morgan fingerprint density at radius 3 is 2.59 bits per heavy atom. The molecule has 0 saturated carbocycles. The Morgan fingerprint density at radius 1 is 1.10 bits per heavy atom. The smallest absolute Gasteiger partial charge is 0.137 e. The summed E-state index contributed by atoms with van der Waals surface area (Å²) in [6.07, 6.45) is 2.34. The van der Waals surface area contributed by atoms with Crippen LogP contribution in [0.15, 0.2) is 54.7 Å². The van der Waals surface area contributed by atoms with Crippen LogP contribution in [0, 0.1) is 0 Å². The zero-order valence-corrected chi connectivity index (χ0v) is 16.9. The molecule has 2 aromatic carbocycles. The quantitative estimate of drug-likeness (QED) is 0.601. The van der Waals surface area contributed by atoms with Gasteiger partial charge in [0.2, 0.25) is 0 Å². The highest BCUT2D eigenvalue weighted by Gasteiger charge is 2.25. The number of hydrogen-bond donors (Lipinski definition) is 3. The van der Waals surface area contributed by atoms with Crippen LogP contribution in [0.1, 0.15) is 13.8 Å². The van der Waals surface area contributed by atoms with Crippen molar-refractivity contribution in [3.8, 4) is 33.9 Å². The van der Waals surface area contributed by atoms with E-state index in [1.54, 1.807) is 12.3 Å². The fourth-order valence-corrected chi connectivity index (χ4v) is 4.05. The molecule has 152 valence electrons. The molecule has 3 N–H and O–H groups in total. The van der Waals surface area contributed by atoms with Gasteiger partial charge in [-0.15, -0.1) is 0 Å². The summed E-state index contributed by atoms with van der Waals surface area (Å²) >= 11 is 0. The van der Waals surface area contributed by atoms with E-state index in [9.17, 15) is 5.11 Å². The number of nitrogens with zero attached hydrogens (tertiary/aromatic N) is 1. The molecule has 3 aromatic rings. The van der Waals surface area contributed by atoms with Crippen LogP contribution in [0.4, 0.5) is 0 Å². The number of aromatic nitrogens is 2. The van der Waals surface area contributed by atoms with Crippen LogP contribution >= 0.6 is 0 Å². The third-order valence-corrected chi connectivity index (χ3v) is 5.30. The van der Waals surface area contributed by atoms with Gasteiger partial charge in [-0.3, -0.25) is 5.10 Å². The minimum absolute atomic E-state index is 0.171. The Morgan fingerprint density at radius 2 is 1.86 bits per heavy atom. The van der Waals surface area contributed by atoms with Crippen LogP contribution in [-0.4, -0.2) is 53.8 Å². The number of rotatable bonds is 6.